The van der Waals surface area contributed by atoms with E-state index in [0.29, 0.717) is 11.9 Å². The summed E-state index contributed by atoms with van der Waals surface area (Å²) < 4.78 is 1.34. The molecule has 2 saturated heterocycles. The first-order chi connectivity index (χ1) is 10.2. The van der Waals surface area contributed by atoms with Crippen LogP contribution in [0.15, 0.2) is 29.6 Å². The highest BCUT2D eigenvalue weighted by molar-refractivity contribution is 7.17. The molecule has 2 fully saturated rings. The lowest BCUT2D eigenvalue weighted by molar-refractivity contribution is -0.143. The van der Waals surface area contributed by atoms with Gasteiger partial charge in [0.2, 0.25) is 5.91 Å². The predicted molar refractivity (Wildman–Crippen MR) is 86.4 cm³/mol. The van der Waals surface area contributed by atoms with Crippen molar-refractivity contribution in [3.05, 3.63) is 35.2 Å². The molecule has 2 atom stereocenters. The second-order valence-electron chi connectivity index (χ2n) is 6.19. The lowest BCUT2D eigenvalue weighted by Crippen LogP contribution is -2.58. The summed E-state index contributed by atoms with van der Waals surface area (Å²) in [4.78, 5) is 17.0. The van der Waals surface area contributed by atoms with Crippen molar-refractivity contribution in [2.24, 2.45) is 0 Å². The topological polar surface area (TPSA) is 23.6 Å². The number of thiophene rings is 1. The Morgan fingerprint density at radius 3 is 3.10 bits per heavy atom. The molecule has 0 spiro atoms. The van der Waals surface area contributed by atoms with Crippen molar-refractivity contribution in [1.82, 2.24) is 9.80 Å². The van der Waals surface area contributed by atoms with Crippen molar-refractivity contribution in [2.45, 2.75) is 38.4 Å². The van der Waals surface area contributed by atoms with Gasteiger partial charge < -0.3 is 4.90 Å². The summed E-state index contributed by atoms with van der Waals surface area (Å²) in [6.07, 6.45) is 2.33. The Balaban J connectivity index is 1.60. The third kappa shape index (κ3) is 2.17. The van der Waals surface area contributed by atoms with Gasteiger partial charge in [-0.15, -0.1) is 11.3 Å². The molecule has 1 aromatic heterocycles. The Morgan fingerprint density at radius 1 is 1.33 bits per heavy atom. The molecule has 21 heavy (non-hydrogen) atoms. The molecule has 3 heterocycles. The first kappa shape index (κ1) is 13.3. The number of rotatable bonds is 2. The van der Waals surface area contributed by atoms with Crippen LogP contribution in [0.3, 0.4) is 0 Å². The average molecular weight is 300 g/mol. The second kappa shape index (κ2) is 5.11. The van der Waals surface area contributed by atoms with E-state index in [1.165, 1.54) is 28.5 Å². The molecule has 4 rings (SSSR count). The maximum absolute atomic E-state index is 12.5. The van der Waals surface area contributed by atoms with E-state index < -0.39 is 0 Å². The quantitative estimate of drug-likeness (QED) is 0.851. The van der Waals surface area contributed by atoms with E-state index in [1.807, 2.05) is 0 Å². The number of fused-ring (bicyclic) bond motifs is 2. The first-order valence-corrected chi connectivity index (χ1v) is 8.61. The predicted octanol–water partition coefficient (Wildman–Crippen LogP) is 3.10. The van der Waals surface area contributed by atoms with Gasteiger partial charge in [-0.2, -0.15) is 0 Å². The Kier molecular flexibility index (Phi) is 3.23. The molecule has 1 aromatic carbocycles. The zero-order valence-electron chi connectivity index (χ0n) is 12.3. The highest BCUT2D eigenvalue weighted by atomic mass is 32.1. The fraction of sp³-hybridized carbons (Fsp3) is 0.471. The fourth-order valence-electron chi connectivity index (χ4n) is 3.72. The summed E-state index contributed by atoms with van der Waals surface area (Å²) in [5.74, 6) is 0.322. The van der Waals surface area contributed by atoms with E-state index in [9.17, 15) is 4.79 Å². The summed E-state index contributed by atoms with van der Waals surface area (Å²) >= 11 is 1.80. The number of piperazine rings is 1. The van der Waals surface area contributed by atoms with Crippen LogP contribution in [0.1, 0.15) is 25.3 Å². The van der Waals surface area contributed by atoms with Gasteiger partial charge in [0, 0.05) is 30.4 Å². The standard InChI is InChI=1S/C17H20N2OS/c1-12-17(20)19-8-4-5-14(19)10-18(12)9-13-11-21-16-7-3-2-6-15(13)16/h2-3,6-7,11-12,14H,4-5,8-10H2,1H3/t12-,14-/m0/s1. The third-order valence-corrected chi connectivity index (χ3v) is 5.96. The van der Waals surface area contributed by atoms with E-state index in [4.69, 9.17) is 0 Å². The fourth-order valence-corrected chi connectivity index (χ4v) is 4.67. The van der Waals surface area contributed by atoms with Gasteiger partial charge in [0.15, 0.2) is 0 Å². The Bertz CT molecular complexity index is 680. The summed E-state index contributed by atoms with van der Waals surface area (Å²) in [7, 11) is 0. The molecule has 2 aliphatic rings. The smallest absolute Gasteiger partial charge is 0.239 e. The van der Waals surface area contributed by atoms with Crippen molar-refractivity contribution in [1.29, 1.82) is 0 Å². The zero-order valence-corrected chi connectivity index (χ0v) is 13.1. The van der Waals surface area contributed by atoms with Crippen LogP contribution in [0, 0.1) is 0 Å². The molecule has 0 radical (unpaired) electrons. The van der Waals surface area contributed by atoms with Gasteiger partial charge in [0.25, 0.3) is 0 Å². The first-order valence-electron chi connectivity index (χ1n) is 7.73. The molecule has 3 nitrogen and oxygen atoms in total. The number of hydrogen-bond acceptors (Lipinski definition) is 3. The molecule has 0 unspecified atom stereocenters. The maximum Gasteiger partial charge on any atom is 0.239 e. The highest BCUT2D eigenvalue weighted by Gasteiger charge is 2.40. The molecule has 2 aromatic rings. The molecule has 110 valence electrons. The van der Waals surface area contributed by atoms with E-state index in [2.05, 4.69) is 46.4 Å². The summed E-state index contributed by atoms with van der Waals surface area (Å²) in [6, 6.07) is 9.01. The molecule has 0 bridgehead atoms. The van der Waals surface area contributed by atoms with E-state index >= 15 is 0 Å². The van der Waals surface area contributed by atoms with Crippen LogP contribution in [0.4, 0.5) is 0 Å². The van der Waals surface area contributed by atoms with Gasteiger partial charge in [0.1, 0.15) is 0 Å². The lowest BCUT2D eigenvalue weighted by atomic mass is 10.1. The summed E-state index contributed by atoms with van der Waals surface area (Å²) in [5, 5.41) is 3.60. The molecule has 0 saturated carbocycles. The van der Waals surface area contributed by atoms with Crippen molar-refractivity contribution >= 4 is 27.3 Å². The van der Waals surface area contributed by atoms with Crippen molar-refractivity contribution in [3.8, 4) is 0 Å². The number of carbonyl (C=O) groups excluding carboxylic acids is 1. The number of carbonyl (C=O) groups is 1. The van der Waals surface area contributed by atoms with Crippen LogP contribution < -0.4 is 0 Å². The summed E-state index contributed by atoms with van der Waals surface area (Å²) in [6.45, 7) is 4.94. The molecule has 0 N–H and O–H groups in total. The van der Waals surface area contributed by atoms with Crippen molar-refractivity contribution < 1.29 is 4.79 Å². The Labute approximate surface area is 129 Å². The number of hydrogen-bond donors (Lipinski definition) is 0. The van der Waals surface area contributed by atoms with Gasteiger partial charge in [-0.3, -0.25) is 9.69 Å². The molecular formula is C17H20N2OS. The largest absolute Gasteiger partial charge is 0.337 e. The summed E-state index contributed by atoms with van der Waals surface area (Å²) in [5.41, 5.74) is 1.36. The third-order valence-electron chi connectivity index (χ3n) is 4.95. The van der Waals surface area contributed by atoms with Gasteiger partial charge in [0.05, 0.1) is 6.04 Å². The zero-order chi connectivity index (χ0) is 14.4. The van der Waals surface area contributed by atoms with E-state index in [0.717, 1.165) is 19.6 Å². The van der Waals surface area contributed by atoms with Gasteiger partial charge in [-0.1, -0.05) is 18.2 Å². The number of nitrogens with zero attached hydrogens (tertiary/aromatic N) is 2. The molecule has 1 amide bonds. The molecule has 0 aliphatic carbocycles. The number of amides is 1. The maximum atomic E-state index is 12.5. The number of benzene rings is 1. The average Bonchev–Trinajstić information content (AvgIpc) is 3.12. The van der Waals surface area contributed by atoms with Crippen LogP contribution in [0.25, 0.3) is 10.1 Å². The Hall–Kier alpha value is -1.39. The van der Waals surface area contributed by atoms with Crippen LogP contribution in [-0.2, 0) is 11.3 Å². The Morgan fingerprint density at radius 2 is 2.19 bits per heavy atom. The minimum atomic E-state index is 0.0120. The van der Waals surface area contributed by atoms with Gasteiger partial charge in [-0.05, 0) is 42.2 Å². The second-order valence-corrected chi connectivity index (χ2v) is 7.10. The molecular weight excluding hydrogens is 280 g/mol. The van der Waals surface area contributed by atoms with Crippen LogP contribution in [0.2, 0.25) is 0 Å². The van der Waals surface area contributed by atoms with Gasteiger partial charge in [-0.25, -0.2) is 0 Å². The normalized spacial score (nSPS) is 26.5. The van der Waals surface area contributed by atoms with Crippen LogP contribution in [0.5, 0.6) is 0 Å². The van der Waals surface area contributed by atoms with Crippen molar-refractivity contribution in [3.63, 3.8) is 0 Å². The minimum Gasteiger partial charge on any atom is -0.337 e. The van der Waals surface area contributed by atoms with Crippen LogP contribution in [-0.4, -0.2) is 40.9 Å². The molecule has 2 aliphatic heterocycles. The highest BCUT2D eigenvalue weighted by Crippen LogP contribution is 2.30. The minimum absolute atomic E-state index is 0.0120. The van der Waals surface area contributed by atoms with Gasteiger partial charge >= 0.3 is 0 Å². The van der Waals surface area contributed by atoms with E-state index in [-0.39, 0.29) is 6.04 Å². The molecule has 4 heteroatoms. The SMILES string of the molecule is C[C@H]1C(=O)N2CCC[C@H]2CN1Cc1csc2ccccc12. The van der Waals surface area contributed by atoms with E-state index in [1.54, 1.807) is 11.3 Å². The van der Waals surface area contributed by atoms with Crippen LogP contribution >= 0.6 is 11.3 Å². The lowest BCUT2D eigenvalue weighted by Gasteiger charge is -2.41. The monoisotopic (exact) mass is 300 g/mol. The van der Waals surface area contributed by atoms with Crippen molar-refractivity contribution in [2.75, 3.05) is 13.1 Å².